The second-order valence-corrected chi connectivity index (χ2v) is 3.45. The largest absolute Gasteiger partial charge is 0.465 e. The van der Waals surface area contributed by atoms with Gasteiger partial charge in [0.25, 0.3) is 6.47 Å². The number of hydrogen-bond donors (Lipinski definition) is 2. The third-order valence-electron chi connectivity index (χ3n) is 2.00. The Bertz CT molecular complexity index is 275. The Kier molecular flexibility index (Phi) is 8.74. The highest BCUT2D eigenvalue weighted by atomic mass is 16.5. The van der Waals surface area contributed by atoms with E-state index in [2.05, 4.69) is 10.7 Å². The Morgan fingerprint density at radius 2 is 2.12 bits per heavy atom. The monoisotopic (exact) mass is 242 g/mol. The van der Waals surface area contributed by atoms with Crippen molar-refractivity contribution in [2.24, 2.45) is 11.5 Å². The highest BCUT2D eigenvalue weighted by Gasteiger charge is 2.13. The number of unbranched alkanes of at least 4 members (excludes halogenated alkanes) is 1. The molecule has 96 valence electrons. The zero-order chi connectivity index (χ0) is 13.1. The Morgan fingerprint density at radius 3 is 2.71 bits per heavy atom. The van der Waals surface area contributed by atoms with Gasteiger partial charge in [-0.1, -0.05) is 0 Å². The fraction of sp³-hybridized carbons (Fsp3) is 0.636. The molecule has 6 nitrogen and oxygen atoms in total. The Balaban J connectivity index is 3.48. The Morgan fingerprint density at radius 1 is 1.41 bits per heavy atom. The van der Waals surface area contributed by atoms with Crippen molar-refractivity contribution in [2.75, 3.05) is 6.61 Å². The molecule has 0 aromatic heterocycles. The van der Waals surface area contributed by atoms with E-state index in [0.717, 1.165) is 0 Å². The van der Waals surface area contributed by atoms with Crippen LogP contribution in [-0.4, -0.2) is 31.3 Å². The second kappa shape index (κ2) is 9.63. The normalized spacial score (nSPS) is 13.2. The van der Waals surface area contributed by atoms with E-state index in [9.17, 15) is 9.59 Å². The van der Waals surface area contributed by atoms with Gasteiger partial charge in [0, 0.05) is 6.42 Å². The minimum Gasteiger partial charge on any atom is -0.465 e. The maximum atomic E-state index is 11.2. The summed E-state index contributed by atoms with van der Waals surface area (Å²) in [7, 11) is 0. The molecule has 0 fully saturated rings. The molecule has 4 N–H and O–H groups in total. The van der Waals surface area contributed by atoms with Gasteiger partial charge in [-0.25, -0.2) is 0 Å². The molecule has 0 aromatic carbocycles. The molecule has 0 amide bonds. The van der Waals surface area contributed by atoms with Crippen LogP contribution < -0.4 is 11.5 Å². The summed E-state index contributed by atoms with van der Waals surface area (Å²) in [5.41, 5.74) is 10.8. The molecule has 17 heavy (non-hydrogen) atoms. The van der Waals surface area contributed by atoms with Gasteiger partial charge in [-0.05, 0) is 19.3 Å². The summed E-state index contributed by atoms with van der Waals surface area (Å²) in [5, 5.41) is 0. The topological polar surface area (TPSA) is 105 Å². The molecular weight excluding hydrogens is 224 g/mol. The molecule has 0 aliphatic carbocycles. The summed E-state index contributed by atoms with van der Waals surface area (Å²) in [6, 6.07) is -0.763. The van der Waals surface area contributed by atoms with Gasteiger partial charge in [0.2, 0.25) is 0 Å². The molecule has 0 aliphatic heterocycles. The molecule has 6 heteroatoms. The maximum absolute atomic E-state index is 11.2. The highest BCUT2D eigenvalue weighted by molar-refractivity contribution is 5.75. The van der Waals surface area contributed by atoms with Crippen LogP contribution in [0.25, 0.3) is 0 Å². The van der Waals surface area contributed by atoms with Crippen molar-refractivity contribution >= 4 is 12.4 Å². The molecule has 0 spiro atoms. The minimum absolute atomic E-state index is 0.164. The Hall–Kier alpha value is -1.58. The van der Waals surface area contributed by atoms with E-state index in [4.69, 9.17) is 22.6 Å². The SMILES string of the molecule is C#CCC(N)C(=O)OCCCC[C@H](N)OC=O. The first-order chi connectivity index (χ1) is 8.11. The molecular formula is C11H18N2O4. The number of carbonyl (C=O) groups is 2. The van der Waals surface area contributed by atoms with E-state index >= 15 is 0 Å². The zero-order valence-electron chi connectivity index (χ0n) is 9.63. The Labute approximate surface area is 101 Å². The first-order valence-corrected chi connectivity index (χ1v) is 5.32. The summed E-state index contributed by atoms with van der Waals surface area (Å²) in [5.74, 6) is 1.78. The van der Waals surface area contributed by atoms with Gasteiger partial charge in [0.1, 0.15) is 6.04 Å². The molecule has 0 heterocycles. The molecule has 2 atom stereocenters. The lowest BCUT2D eigenvalue weighted by Crippen LogP contribution is -2.32. The van der Waals surface area contributed by atoms with Crippen LogP contribution in [0, 0.1) is 12.3 Å². The van der Waals surface area contributed by atoms with Crippen LogP contribution in [-0.2, 0) is 19.1 Å². The van der Waals surface area contributed by atoms with Crippen LogP contribution >= 0.6 is 0 Å². The second-order valence-electron chi connectivity index (χ2n) is 3.45. The van der Waals surface area contributed by atoms with Crippen LogP contribution in [0.5, 0.6) is 0 Å². The molecule has 1 unspecified atom stereocenters. The summed E-state index contributed by atoms with van der Waals surface area (Å²) in [6.07, 6.45) is 6.41. The van der Waals surface area contributed by atoms with E-state index < -0.39 is 18.2 Å². The lowest BCUT2D eigenvalue weighted by atomic mass is 10.2. The quantitative estimate of drug-likeness (QED) is 0.186. The van der Waals surface area contributed by atoms with Crippen LogP contribution in [0.2, 0.25) is 0 Å². The predicted octanol–water partition coefficient (Wildman–Crippen LogP) is -0.492. The summed E-state index contributed by atoms with van der Waals surface area (Å²) in [6.45, 7) is 0.564. The van der Waals surface area contributed by atoms with Gasteiger partial charge in [0.15, 0.2) is 6.23 Å². The molecule has 0 saturated carbocycles. The first-order valence-electron chi connectivity index (χ1n) is 5.32. The van der Waals surface area contributed by atoms with Crippen molar-refractivity contribution < 1.29 is 19.1 Å². The van der Waals surface area contributed by atoms with E-state index in [0.29, 0.717) is 25.7 Å². The number of rotatable bonds is 9. The third-order valence-corrected chi connectivity index (χ3v) is 2.00. The average molecular weight is 242 g/mol. The molecule has 0 rings (SSSR count). The zero-order valence-corrected chi connectivity index (χ0v) is 9.63. The average Bonchev–Trinajstić information content (AvgIpc) is 2.29. The maximum Gasteiger partial charge on any atom is 0.323 e. The van der Waals surface area contributed by atoms with Crippen LogP contribution in [0.15, 0.2) is 0 Å². The predicted molar refractivity (Wildman–Crippen MR) is 61.4 cm³/mol. The molecule has 0 bridgehead atoms. The molecule has 0 aromatic rings. The number of esters is 1. The van der Waals surface area contributed by atoms with Gasteiger partial charge >= 0.3 is 5.97 Å². The van der Waals surface area contributed by atoms with Crippen molar-refractivity contribution in [2.45, 2.75) is 38.0 Å². The first kappa shape index (κ1) is 15.4. The van der Waals surface area contributed by atoms with E-state index in [1.54, 1.807) is 0 Å². The number of terminal acetylenes is 1. The van der Waals surface area contributed by atoms with Crippen molar-refractivity contribution in [1.29, 1.82) is 0 Å². The number of ether oxygens (including phenoxy) is 2. The van der Waals surface area contributed by atoms with Gasteiger partial charge in [-0.3, -0.25) is 15.3 Å². The number of carbonyl (C=O) groups excluding carboxylic acids is 2. The highest BCUT2D eigenvalue weighted by Crippen LogP contribution is 2.01. The fourth-order valence-electron chi connectivity index (χ4n) is 1.08. The fourth-order valence-corrected chi connectivity index (χ4v) is 1.08. The summed E-state index contributed by atoms with van der Waals surface area (Å²) < 4.78 is 9.37. The summed E-state index contributed by atoms with van der Waals surface area (Å²) >= 11 is 0. The summed E-state index contributed by atoms with van der Waals surface area (Å²) in [4.78, 5) is 21.1. The molecule has 0 saturated heterocycles. The van der Waals surface area contributed by atoms with Crippen molar-refractivity contribution in [3.8, 4) is 12.3 Å². The lowest BCUT2D eigenvalue weighted by Gasteiger charge is -2.10. The minimum atomic E-state index is -0.763. The van der Waals surface area contributed by atoms with Gasteiger partial charge in [-0.15, -0.1) is 12.3 Å². The number of nitrogens with two attached hydrogens (primary N) is 2. The van der Waals surface area contributed by atoms with Crippen molar-refractivity contribution in [3.63, 3.8) is 0 Å². The van der Waals surface area contributed by atoms with Crippen molar-refractivity contribution in [3.05, 3.63) is 0 Å². The van der Waals surface area contributed by atoms with Crippen LogP contribution in [0.4, 0.5) is 0 Å². The van der Waals surface area contributed by atoms with Crippen LogP contribution in [0.3, 0.4) is 0 Å². The standard InChI is InChI=1S/C11H18N2O4/c1-2-5-9(12)11(15)16-7-4-3-6-10(13)17-8-14/h1,8-10H,3-7,12-13H2/t9?,10-/m1/s1. The molecule has 0 radical (unpaired) electrons. The van der Waals surface area contributed by atoms with E-state index in [1.165, 1.54) is 0 Å². The molecule has 0 aliphatic rings. The smallest absolute Gasteiger partial charge is 0.323 e. The lowest BCUT2D eigenvalue weighted by molar-refractivity contribution is -0.145. The van der Waals surface area contributed by atoms with Gasteiger partial charge in [-0.2, -0.15) is 0 Å². The van der Waals surface area contributed by atoms with E-state index in [-0.39, 0.29) is 13.0 Å². The van der Waals surface area contributed by atoms with Gasteiger partial charge < -0.3 is 15.2 Å². The van der Waals surface area contributed by atoms with Gasteiger partial charge in [0.05, 0.1) is 6.61 Å². The van der Waals surface area contributed by atoms with Crippen molar-refractivity contribution in [1.82, 2.24) is 0 Å². The third kappa shape index (κ3) is 8.25. The number of hydrogen-bond acceptors (Lipinski definition) is 6. The van der Waals surface area contributed by atoms with Crippen LogP contribution in [0.1, 0.15) is 25.7 Å². The van der Waals surface area contributed by atoms with E-state index in [1.807, 2.05) is 0 Å².